The zero-order valence-electron chi connectivity index (χ0n) is 14.7. The smallest absolute Gasteiger partial charge is 0.185 e. The predicted octanol–water partition coefficient (Wildman–Crippen LogP) is 4.97. The lowest BCUT2D eigenvalue weighted by molar-refractivity contribution is 0.347. The highest BCUT2D eigenvalue weighted by molar-refractivity contribution is 7.92. The van der Waals surface area contributed by atoms with Crippen LogP contribution < -0.4 is 0 Å². The standard InChI is InChI=1S/C21H24O3S/c1-16(2)20-12-11-17(3)14-21(20,15-18-8-7-13-24-18)25(22,23)19-9-5-4-6-10-19/h4-11,13,20H,1,12,14-15H2,2-3H3/t20-,21-/m1/s1. The minimum Gasteiger partial charge on any atom is -0.469 e. The van der Waals surface area contributed by atoms with Gasteiger partial charge in [-0.2, -0.15) is 0 Å². The molecule has 0 saturated carbocycles. The number of hydrogen-bond donors (Lipinski definition) is 0. The lowest BCUT2D eigenvalue weighted by Gasteiger charge is -2.43. The maximum Gasteiger partial charge on any atom is 0.185 e. The van der Waals surface area contributed by atoms with Crippen molar-refractivity contribution in [2.75, 3.05) is 0 Å². The van der Waals surface area contributed by atoms with Crippen molar-refractivity contribution < 1.29 is 12.8 Å². The Kier molecular flexibility index (Phi) is 4.74. The average Bonchev–Trinajstić information content (AvgIpc) is 3.08. The van der Waals surface area contributed by atoms with E-state index < -0.39 is 14.6 Å². The molecule has 0 saturated heterocycles. The van der Waals surface area contributed by atoms with Gasteiger partial charge >= 0.3 is 0 Å². The lowest BCUT2D eigenvalue weighted by atomic mass is 9.74. The minimum atomic E-state index is -3.59. The van der Waals surface area contributed by atoms with Crippen molar-refractivity contribution in [1.29, 1.82) is 0 Å². The van der Waals surface area contributed by atoms with Crippen LogP contribution in [0.15, 0.2) is 81.8 Å². The maximum absolute atomic E-state index is 13.8. The summed E-state index contributed by atoms with van der Waals surface area (Å²) in [5, 5.41) is 0. The third-order valence-electron chi connectivity index (χ3n) is 5.15. The van der Waals surface area contributed by atoms with Gasteiger partial charge in [-0.1, -0.05) is 42.0 Å². The van der Waals surface area contributed by atoms with Gasteiger partial charge in [-0.15, -0.1) is 0 Å². The summed E-state index contributed by atoms with van der Waals surface area (Å²) < 4.78 is 32.1. The van der Waals surface area contributed by atoms with E-state index in [1.807, 2.05) is 26.0 Å². The molecule has 4 heteroatoms. The summed E-state index contributed by atoms with van der Waals surface area (Å²) in [6.45, 7) is 8.04. The van der Waals surface area contributed by atoms with Crippen molar-refractivity contribution in [2.45, 2.75) is 42.8 Å². The summed E-state index contributed by atoms with van der Waals surface area (Å²) in [6, 6.07) is 12.4. The zero-order chi connectivity index (χ0) is 18.1. The van der Waals surface area contributed by atoms with Gasteiger partial charge in [-0.05, 0) is 51.0 Å². The number of hydrogen-bond acceptors (Lipinski definition) is 3. The molecule has 1 heterocycles. The Morgan fingerprint density at radius 1 is 1.24 bits per heavy atom. The Labute approximate surface area is 150 Å². The summed E-state index contributed by atoms with van der Waals surface area (Å²) in [6.07, 6.45) is 5.26. The van der Waals surface area contributed by atoms with E-state index in [9.17, 15) is 8.42 Å². The topological polar surface area (TPSA) is 47.3 Å². The Morgan fingerprint density at radius 2 is 1.96 bits per heavy atom. The second-order valence-electron chi connectivity index (χ2n) is 7.00. The molecule has 3 rings (SSSR count). The van der Waals surface area contributed by atoms with Crippen molar-refractivity contribution in [1.82, 2.24) is 0 Å². The molecule has 2 atom stereocenters. The fraction of sp³-hybridized carbons (Fsp3) is 0.333. The van der Waals surface area contributed by atoms with Crippen molar-refractivity contribution in [3.8, 4) is 0 Å². The van der Waals surface area contributed by atoms with Crippen LogP contribution in [0.2, 0.25) is 0 Å². The van der Waals surface area contributed by atoms with Crippen molar-refractivity contribution in [3.63, 3.8) is 0 Å². The van der Waals surface area contributed by atoms with E-state index >= 15 is 0 Å². The molecule has 3 nitrogen and oxygen atoms in total. The van der Waals surface area contributed by atoms with E-state index in [1.165, 1.54) is 0 Å². The number of furan rings is 1. The molecule has 25 heavy (non-hydrogen) atoms. The molecule has 132 valence electrons. The second-order valence-corrected chi connectivity index (χ2v) is 9.29. The maximum atomic E-state index is 13.8. The molecule has 1 aliphatic carbocycles. The first kappa shape index (κ1) is 17.7. The first-order chi connectivity index (χ1) is 11.9. The van der Waals surface area contributed by atoms with Gasteiger partial charge in [0.15, 0.2) is 9.84 Å². The molecule has 0 fully saturated rings. The Balaban J connectivity index is 2.21. The number of rotatable bonds is 5. The van der Waals surface area contributed by atoms with Crippen LogP contribution in [0, 0.1) is 5.92 Å². The molecular formula is C21H24O3S. The van der Waals surface area contributed by atoms with Crippen LogP contribution in [0.1, 0.15) is 32.4 Å². The van der Waals surface area contributed by atoms with Gasteiger partial charge in [0.1, 0.15) is 5.76 Å². The van der Waals surface area contributed by atoms with E-state index in [2.05, 4.69) is 12.7 Å². The SMILES string of the molecule is C=C(C)[C@H]1CC=C(C)C[C@]1(Cc1ccco1)S(=O)(=O)c1ccccc1. The van der Waals surface area contributed by atoms with Crippen LogP contribution in [0.3, 0.4) is 0 Å². The van der Waals surface area contributed by atoms with Crippen LogP contribution >= 0.6 is 0 Å². The number of sulfone groups is 1. The number of benzene rings is 1. The summed E-state index contributed by atoms with van der Waals surface area (Å²) in [7, 11) is -3.59. The Morgan fingerprint density at radius 3 is 2.56 bits per heavy atom. The second kappa shape index (κ2) is 6.68. The quantitative estimate of drug-likeness (QED) is 0.711. The molecule has 1 aromatic heterocycles. The lowest BCUT2D eigenvalue weighted by Crippen LogP contribution is -2.49. The number of allylic oxidation sites excluding steroid dienone is 3. The van der Waals surface area contributed by atoms with Gasteiger partial charge in [0.2, 0.25) is 0 Å². The molecule has 2 aromatic rings. The minimum absolute atomic E-state index is 0.147. The first-order valence-electron chi connectivity index (χ1n) is 8.50. The normalized spacial score (nSPS) is 23.9. The van der Waals surface area contributed by atoms with Crippen molar-refractivity contribution in [2.24, 2.45) is 5.92 Å². The van der Waals surface area contributed by atoms with Crippen molar-refractivity contribution >= 4 is 9.84 Å². The van der Waals surface area contributed by atoms with E-state index in [0.29, 0.717) is 29.9 Å². The highest BCUT2D eigenvalue weighted by Crippen LogP contribution is 2.47. The first-order valence-corrected chi connectivity index (χ1v) is 9.98. The van der Waals surface area contributed by atoms with Crippen LogP contribution in [0.25, 0.3) is 0 Å². The average molecular weight is 356 g/mol. The fourth-order valence-corrected chi connectivity index (χ4v) is 6.36. The highest BCUT2D eigenvalue weighted by atomic mass is 32.2. The summed E-state index contributed by atoms with van der Waals surface area (Å²) >= 11 is 0. The van der Waals surface area contributed by atoms with Gasteiger partial charge in [0.05, 0.1) is 15.9 Å². The van der Waals surface area contributed by atoms with E-state index in [0.717, 1.165) is 11.1 Å². The van der Waals surface area contributed by atoms with Gasteiger partial charge in [0.25, 0.3) is 0 Å². The molecule has 0 bridgehead atoms. The summed E-state index contributed by atoms with van der Waals surface area (Å²) in [4.78, 5) is 0.363. The van der Waals surface area contributed by atoms with Crippen LogP contribution in [0.4, 0.5) is 0 Å². The van der Waals surface area contributed by atoms with Gasteiger partial charge in [0, 0.05) is 12.3 Å². The Hall–Kier alpha value is -2.07. The summed E-state index contributed by atoms with van der Waals surface area (Å²) in [5.41, 5.74) is 2.00. The molecular weight excluding hydrogens is 332 g/mol. The van der Waals surface area contributed by atoms with Crippen molar-refractivity contribution in [3.05, 3.63) is 78.3 Å². The van der Waals surface area contributed by atoms with Gasteiger partial charge in [-0.25, -0.2) is 8.42 Å². The van der Waals surface area contributed by atoms with E-state index in [4.69, 9.17) is 4.42 Å². The van der Waals surface area contributed by atoms with Crippen LogP contribution in [-0.4, -0.2) is 13.2 Å². The van der Waals surface area contributed by atoms with Gasteiger partial charge in [-0.3, -0.25) is 0 Å². The van der Waals surface area contributed by atoms with E-state index in [-0.39, 0.29) is 5.92 Å². The molecule has 0 unspecified atom stereocenters. The molecule has 0 radical (unpaired) electrons. The van der Waals surface area contributed by atoms with Crippen LogP contribution in [0.5, 0.6) is 0 Å². The zero-order valence-corrected chi connectivity index (χ0v) is 15.6. The van der Waals surface area contributed by atoms with Crippen LogP contribution in [-0.2, 0) is 16.3 Å². The molecule has 0 N–H and O–H groups in total. The third kappa shape index (κ3) is 3.11. The molecule has 1 aliphatic rings. The third-order valence-corrected chi connectivity index (χ3v) is 7.69. The van der Waals surface area contributed by atoms with Gasteiger partial charge < -0.3 is 4.42 Å². The molecule has 0 aliphatic heterocycles. The summed E-state index contributed by atoms with van der Waals surface area (Å²) in [5.74, 6) is 0.548. The molecule has 1 aromatic carbocycles. The molecule has 0 spiro atoms. The monoisotopic (exact) mass is 356 g/mol. The Bertz CT molecular complexity index is 876. The fourth-order valence-electron chi connectivity index (χ4n) is 3.96. The predicted molar refractivity (Wildman–Crippen MR) is 100 cm³/mol. The molecule has 0 amide bonds. The van der Waals surface area contributed by atoms with E-state index in [1.54, 1.807) is 36.6 Å². The highest BCUT2D eigenvalue weighted by Gasteiger charge is 2.52. The largest absolute Gasteiger partial charge is 0.469 e.